The Hall–Kier alpha value is -7.11. The third kappa shape index (κ3) is 4.53. The molecule has 0 radical (unpaired) electrons. The fourth-order valence-electron chi connectivity index (χ4n) is 7.55. The van der Waals surface area contributed by atoms with Gasteiger partial charge in [0.25, 0.3) is 0 Å². The van der Waals surface area contributed by atoms with Crippen LogP contribution in [0.3, 0.4) is 0 Å². The van der Waals surface area contributed by atoms with Gasteiger partial charge in [-0.15, -0.1) is 0 Å². The van der Waals surface area contributed by atoms with Gasteiger partial charge in [0, 0.05) is 43.8 Å². The van der Waals surface area contributed by atoms with Crippen molar-refractivity contribution in [2.75, 3.05) is 0 Å². The molecule has 0 unspecified atom stereocenters. The van der Waals surface area contributed by atoms with E-state index in [-0.39, 0.29) is 0 Å². The van der Waals surface area contributed by atoms with Crippen molar-refractivity contribution >= 4 is 65.4 Å². The number of fused-ring (bicyclic) bond motifs is 8. The third-order valence-electron chi connectivity index (χ3n) is 10.1. The molecule has 3 heterocycles. The van der Waals surface area contributed by atoms with Crippen LogP contribution >= 0.6 is 0 Å². The highest BCUT2D eigenvalue weighted by Crippen LogP contribution is 2.43. The first-order valence-corrected chi connectivity index (χ1v) is 17.3. The summed E-state index contributed by atoms with van der Waals surface area (Å²) >= 11 is 0. The molecular weight excluding hydrogens is 639 g/mol. The molecule has 242 valence electrons. The monoisotopic (exact) mass is 665 g/mol. The standard InChI is InChI=1S/C47H27N3O2/c1-3-11-30-25-33(19-17-28(30)9-1)45-48-46(34-20-18-29-10-2-4-12-31(29)26-34)50-47(49-45)39-24-23-35(44-43(39)38-14-6-8-16-41(38)52-44)32-21-22-37-36-13-5-7-15-40(36)51-42(37)27-32/h1-27H. The summed E-state index contributed by atoms with van der Waals surface area (Å²) in [5.41, 5.74) is 7.98. The fraction of sp³-hybridized carbons (Fsp3) is 0. The summed E-state index contributed by atoms with van der Waals surface area (Å²) in [7, 11) is 0. The van der Waals surface area contributed by atoms with Gasteiger partial charge in [-0.05, 0) is 75.6 Å². The van der Waals surface area contributed by atoms with Crippen molar-refractivity contribution in [3.8, 4) is 45.3 Å². The summed E-state index contributed by atoms with van der Waals surface area (Å²) in [5.74, 6) is 1.80. The zero-order valence-corrected chi connectivity index (χ0v) is 27.7. The Labute approximate surface area is 297 Å². The number of hydrogen-bond donors (Lipinski definition) is 0. The number of benzene rings is 8. The zero-order chi connectivity index (χ0) is 34.2. The average Bonchev–Trinajstić information content (AvgIpc) is 3.78. The Kier molecular flexibility index (Phi) is 6.18. The number of nitrogens with zero attached hydrogens (tertiary/aromatic N) is 3. The molecule has 0 saturated carbocycles. The summed E-state index contributed by atoms with van der Waals surface area (Å²) in [6.07, 6.45) is 0. The van der Waals surface area contributed by atoms with Crippen molar-refractivity contribution in [1.29, 1.82) is 0 Å². The first kappa shape index (κ1) is 28.7. The maximum Gasteiger partial charge on any atom is 0.164 e. The summed E-state index contributed by atoms with van der Waals surface area (Å²) < 4.78 is 13.0. The lowest BCUT2D eigenvalue weighted by molar-refractivity contribution is 0.668. The molecule has 11 rings (SSSR count). The second kappa shape index (κ2) is 11.2. The topological polar surface area (TPSA) is 65.0 Å². The number of furan rings is 2. The molecular formula is C47H27N3O2. The summed E-state index contributed by atoms with van der Waals surface area (Å²) in [6, 6.07) is 56.3. The molecule has 0 spiro atoms. The van der Waals surface area contributed by atoms with Crippen molar-refractivity contribution < 1.29 is 8.83 Å². The minimum absolute atomic E-state index is 0.581. The number of aromatic nitrogens is 3. The van der Waals surface area contributed by atoms with Gasteiger partial charge in [-0.3, -0.25) is 0 Å². The maximum atomic E-state index is 6.70. The van der Waals surface area contributed by atoms with E-state index < -0.39 is 0 Å². The Morgan fingerprint density at radius 1 is 0.327 bits per heavy atom. The molecule has 52 heavy (non-hydrogen) atoms. The van der Waals surface area contributed by atoms with Crippen LogP contribution in [0.1, 0.15) is 0 Å². The molecule has 8 aromatic carbocycles. The van der Waals surface area contributed by atoms with Crippen molar-refractivity contribution in [2.24, 2.45) is 0 Å². The van der Waals surface area contributed by atoms with Crippen LogP contribution < -0.4 is 0 Å². The largest absolute Gasteiger partial charge is 0.456 e. The molecule has 0 atom stereocenters. The average molecular weight is 666 g/mol. The molecule has 0 aliphatic carbocycles. The molecule has 0 aliphatic heterocycles. The summed E-state index contributed by atoms with van der Waals surface area (Å²) in [6.45, 7) is 0. The minimum Gasteiger partial charge on any atom is -0.456 e. The predicted molar refractivity (Wildman–Crippen MR) is 211 cm³/mol. The molecule has 0 amide bonds. The van der Waals surface area contributed by atoms with E-state index in [2.05, 4.69) is 127 Å². The second-order valence-corrected chi connectivity index (χ2v) is 13.2. The lowest BCUT2D eigenvalue weighted by Crippen LogP contribution is -2.00. The van der Waals surface area contributed by atoms with E-state index in [9.17, 15) is 0 Å². The van der Waals surface area contributed by atoms with Crippen LogP contribution in [-0.2, 0) is 0 Å². The van der Waals surface area contributed by atoms with E-state index in [0.29, 0.717) is 17.5 Å². The van der Waals surface area contributed by atoms with Crippen molar-refractivity contribution in [3.63, 3.8) is 0 Å². The number of hydrogen-bond acceptors (Lipinski definition) is 5. The fourth-order valence-corrected chi connectivity index (χ4v) is 7.55. The Morgan fingerprint density at radius 3 is 1.54 bits per heavy atom. The van der Waals surface area contributed by atoms with Crippen LogP contribution in [-0.4, -0.2) is 15.0 Å². The first-order valence-electron chi connectivity index (χ1n) is 17.3. The van der Waals surface area contributed by atoms with Crippen LogP contribution in [0.4, 0.5) is 0 Å². The lowest BCUT2D eigenvalue weighted by atomic mass is 9.97. The van der Waals surface area contributed by atoms with E-state index in [1.54, 1.807) is 0 Å². The molecule has 3 aromatic heterocycles. The molecule has 0 bridgehead atoms. The van der Waals surface area contributed by atoms with Gasteiger partial charge in [0.1, 0.15) is 22.3 Å². The second-order valence-electron chi connectivity index (χ2n) is 13.2. The zero-order valence-electron chi connectivity index (χ0n) is 27.7. The molecule has 0 aliphatic rings. The minimum atomic E-state index is 0.581. The van der Waals surface area contributed by atoms with Crippen LogP contribution in [0.15, 0.2) is 173 Å². The van der Waals surface area contributed by atoms with Gasteiger partial charge in [-0.2, -0.15) is 0 Å². The molecule has 5 heteroatoms. The van der Waals surface area contributed by atoms with Crippen LogP contribution in [0, 0.1) is 0 Å². The van der Waals surface area contributed by atoms with Crippen molar-refractivity contribution in [2.45, 2.75) is 0 Å². The molecule has 11 aromatic rings. The normalized spacial score (nSPS) is 11.8. The molecule has 0 fully saturated rings. The van der Waals surface area contributed by atoms with Crippen molar-refractivity contribution in [1.82, 2.24) is 15.0 Å². The van der Waals surface area contributed by atoms with Gasteiger partial charge >= 0.3 is 0 Å². The smallest absolute Gasteiger partial charge is 0.164 e. The number of para-hydroxylation sites is 2. The van der Waals surface area contributed by atoms with Gasteiger partial charge in [0.2, 0.25) is 0 Å². The van der Waals surface area contributed by atoms with Gasteiger partial charge in [0.05, 0.1) is 0 Å². The van der Waals surface area contributed by atoms with E-state index in [1.807, 2.05) is 36.4 Å². The summed E-state index contributed by atoms with van der Waals surface area (Å²) in [4.78, 5) is 15.5. The quantitative estimate of drug-likeness (QED) is 0.187. The predicted octanol–water partition coefficient (Wildman–Crippen LogP) is 12.6. The lowest BCUT2D eigenvalue weighted by Gasteiger charge is -2.11. The van der Waals surface area contributed by atoms with Crippen molar-refractivity contribution in [3.05, 3.63) is 164 Å². The van der Waals surface area contributed by atoms with Gasteiger partial charge in [0.15, 0.2) is 17.5 Å². The molecule has 0 N–H and O–H groups in total. The molecule has 5 nitrogen and oxygen atoms in total. The SMILES string of the molecule is c1ccc2cc(-c3nc(-c4ccc5ccccc5c4)nc(-c4ccc(-c5ccc6c(c5)oc5ccccc56)c5oc6ccccc6c45)n3)ccc2c1. The van der Waals surface area contributed by atoms with Crippen LogP contribution in [0.5, 0.6) is 0 Å². The number of rotatable bonds is 4. The molecule has 0 saturated heterocycles. The summed E-state index contributed by atoms with van der Waals surface area (Å²) in [5, 5.41) is 8.73. The Morgan fingerprint density at radius 2 is 0.846 bits per heavy atom. The highest BCUT2D eigenvalue weighted by atomic mass is 16.3. The van der Waals surface area contributed by atoms with Gasteiger partial charge in [-0.1, -0.05) is 115 Å². The van der Waals surface area contributed by atoms with Gasteiger partial charge < -0.3 is 8.83 Å². The van der Waals surface area contributed by atoms with Crippen LogP contribution in [0.2, 0.25) is 0 Å². The third-order valence-corrected chi connectivity index (χ3v) is 10.1. The highest BCUT2D eigenvalue weighted by Gasteiger charge is 2.21. The highest BCUT2D eigenvalue weighted by molar-refractivity contribution is 6.16. The van der Waals surface area contributed by atoms with E-state index in [0.717, 1.165) is 82.5 Å². The maximum absolute atomic E-state index is 6.70. The Bertz CT molecular complexity index is 3110. The van der Waals surface area contributed by atoms with E-state index in [4.69, 9.17) is 23.8 Å². The van der Waals surface area contributed by atoms with Gasteiger partial charge in [-0.25, -0.2) is 15.0 Å². The Balaban J connectivity index is 1.16. The van der Waals surface area contributed by atoms with E-state index >= 15 is 0 Å². The first-order chi connectivity index (χ1) is 25.7. The van der Waals surface area contributed by atoms with E-state index in [1.165, 1.54) is 10.8 Å². The van der Waals surface area contributed by atoms with Crippen LogP contribution in [0.25, 0.3) is 111 Å².